The van der Waals surface area contributed by atoms with E-state index in [-0.39, 0.29) is 12.5 Å². The topological polar surface area (TPSA) is 108 Å². The molecule has 0 bridgehead atoms. The second-order valence-electron chi connectivity index (χ2n) is 7.36. The van der Waals surface area contributed by atoms with E-state index in [1.165, 1.54) is 6.20 Å². The Kier molecular flexibility index (Phi) is 4.99. The zero-order valence-electron chi connectivity index (χ0n) is 16.9. The third-order valence-electron chi connectivity index (χ3n) is 5.20. The number of aromatic nitrogens is 5. The number of nitrogens with zero attached hydrogens (tertiary/aromatic N) is 6. The number of aldehydes is 1. The number of hydrogen-bond donors (Lipinski definition) is 0. The molecule has 0 fully saturated rings. The van der Waals surface area contributed by atoms with E-state index in [0.29, 0.717) is 28.7 Å². The third kappa shape index (κ3) is 3.58. The molecule has 2 aliphatic rings. The molecule has 1 aliphatic carbocycles. The molecule has 0 spiro atoms. The maximum Gasteiger partial charge on any atom is 0.236 e. The van der Waals surface area contributed by atoms with Crippen molar-refractivity contribution < 1.29 is 14.1 Å². The molecule has 0 saturated heterocycles. The highest BCUT2D eigenvalue weighted by molar-refractivity contribution is 5.96. The summed E-state index contributed by atoms with van der Waals surface area (Å²) in [5.74, 6) is 2.54. The minimum atomic E-state index is -0.00818. The van der Waals surface area contributed by atoms with Gasteiger partial charge in [0, 0.05) is 29.8 Å². The number of carbonyl (C=O) groups excluding carboxylic acids is 1. The Morgan fingerprint density at radius 3 is 3.06 bits per heavy atom. The Morgan fingerprint density at radius 2 is 2.26 bits per heavy atom. The molecule has 1 aliphatic heterocycles. The molecule has 5 rings (SSSR count). The lowest BCUT2D eigenvalue weighted by Crippen LogP contribution is -2.25. The van der Waals surface area contributed by atoms with Crippen molar-refractivity contribution in [2.45, 2.75) is 38.7 Å². The molecular formula is C22H20N6O3. The largest absolute Gasteiger partial charge is 0.470 e. The average molecular weight is 416 g/mol. The van der Waals surface area contributed by atoms with E-state index in [9.17, 15) is 4.79 Å². The highest BCUT2D eigenvalue weighted by Crippen LogP contribution is 2.36. The van der Waals surface area contributed by atoms with Crippen LogP contribution in [0.2, 0.25) is 0 Å². The molecule has 0 aromatic carbocycles. The molecule has 0 amide bonds. The van der Waals surface area contributed by atoms with Gasteiger partial charge in [-0.05, 0) is 25.0 Å². The highest BCUT2D eigenvalue weighted by atomic mass is 16.5. The quantitative estimate of drug-likeness (QED) is 0.566. The molecule has 3 aromatic rings. The van der Waals surface area contributed by atoms with Gasteiger partial charge < -0.3 is 9.26 Å². The molecular weight excluding hydrogens is 396 g/mol. The van der Waals surface area contributed by atoms with Crippen LogP contribution in [0, 0.1) is 0 Å². The lowest BCUT2D eigenvalue weighted by atomic mass is 9.90. The van der Waals surface area contributed by atoms with Crippen molar-refractivity contribution in [3.8, 4) is 11.5 Å². The number of ether oxygens (including phenoxy) is 1. The smallest absolute Gasteiger partial charge is 0.236 e. The number of carbonyl (C=O) groups is 1. The van der Waals surface area contributed by atoms with E-state index in [2.05, 4.69) is 38.4 Å². The van der Waals surface area contributed by atoms with Gasteiger partial charge in [-0.2, -0.15) is 4.68 Å². The zero-order chi connectivity index (χ0) is 21.2. The highest BCUT2D eigenvalue weighted by Gasteiger charge is 2.34. The lowest BCUT2D eigenvalue weighted by Gasteiger charge is -2.26. The van der Waals surface area contributed by atoms with Crippen molar-refractivity contribution in [2.24, 2.45) is 5.10 Å². The zero-order valence-corrected chi connectivity index (χ0v) is 16.9. The average Bonchev–Trinajstić information content (AvgIpc) is 3.45. The Bertz CT molecular complexity index is 1200. The van der Waals surface area contributed by atoms with E-state index in [1.54, 1.807) is 16.8 Å². The lowest BCUT2D eigenvalue weighted by molar-refractivity contribution is 0.112. The maximum absolute atomic E-state index is 10.8. The molecule has 1 unspecified atom stereocenters. The normalized spacial score (nSPS) is 16.9. The summed E-state index contributed by atoms with van der Waals surface area (Å²) in [7, 11) is 0. The van der Waals surface area contributed by atoms with Gasteiger partial charge in [-0.1, -0.05) is 30.3 Å². The Morgan fingerprint density at radius 1 is 1.32 bits per heavy atom. The summed E-state index contributed by atoms with van der Waals surface area (Å²) in [4.78, 5) is 15.1. The van der Waals surface area contributed by atoms with Crippen LogP contribution < -0.4 is 0 Å². The second-order valence-corrected chi connectivity index (χ2v) is 7.36. The second kappa shape index (κ2) is 8.10. The van der Waals surface area contributed by atoms with Gasteiger partial charge in [-0.3, -0.25) is 9.78 Å². The predicted molar refractivity (Wildman–Crippen MR) is 111 cm³/mol. The predicted octanol–water partition coefficient (Wildman–Crippen LogP) is 3.46. The Hall–Kier alpha value is -3.88. The molecule has 9 nitrogen and oxygen atoms in total. The van der Waals surface area contributed by atoms with Gasteiger partial charge in [-0.15, -0.1) is 15.3 Å². The number of fused-ring (bicyclic) bond motifs is 3. The molecule has 9 heteroatoms. The molecule has 0 saturated carbocycles. The van der Waals surface area contributed by atoms with Gasteiger partial charge in [0.25, 0.3) is 0 Å². The van der Waals surface area contributed by atoms with Gasteiger partial charge in [0.2, 0.25) is 11.7 Å². The summed E-state index contributed by atoms with van der Waals surface area (Å²) in [6, 6.07) is 5.35. The molecule has 156 valence electrons. The first-order chi connectivity index (χ1) is 15.3. The van der Waals surface area contributed by atoms with E-state index in [0.717, 1.165) is 42.7 Å². The standard InChI is InChI=1S/C22H20N6O3/c1-2-5-16-10-19(27-31-16)21-25-24-20-17-6-3-4-7-18(17)22(26-28(20)21)30-13-15-9-8-14(12-29)11-23-15/h3-4,7-12,17H,2,5-6,13H2,1H3. The number of hydrogen-bond acceptors (Lipinski definition) is 8. The van der Waals surface area contributed by atoms with Crippen LogP contribution in [0.15, 0.2) is 57.8 Å². The fourth-order valence-electron chi connectivity index (χ4n) is 3.64. The molecule has 3 aromatic heterocycles. The molecule has 0 radical (unpaired) electrons. The third-order valence-corrected chi connectivity index (χ3v) is 5.20. The summed E-state index contributed by atoms with van der Waals surface area (Å²) < 4.78 is 13.1. The van der Waals surface area contributed by atoms with Gasteiger partial charge in [0.05, 0.1) is 11.6 Å². The van der Waals surface area contributed by atoms with Crippen LogP contribution in [0.4, 0.5) is 0 Å². The number of aryl methyl sites for hydroxylation is 1. The van der Waals surface area contributed by atoms with Crippen LogP contribution in [0.1, 0.15) is 53.3 Å². The first-order valence-corrected chi connectivity index (χ1v) is 10.2. The number of rotatable bonds is 6. The first kappa shape index (κ1) is 19.1. The number of pyridine rings is 1. The van der Waals surface area contributed by atoms with Crippen molar-refractivity contribution in [3.05, 3.63) is 71.0 Å². The summed E-state index contributed by atoms with van der Waals surface area (Å²) in [6.07, 6.45) is 10.9. The fraction of sp³-hybridized carbons (Fsp3) is 0.273. The minimum Gasteiger partial charge on any atom is -0.470 e. The monoisotopic (exact) mass is 416 g/mol. The van der Waals surface area contributed by atoms with E-state index in [1.807, 2.05) is 18.2 Å². The van der Waals surface area contributed by atoms with Crippen molar-refractivity contribution in [1.29, 1.82) is 0 Å². The van der Waals surface area contributed by atoms with Crippen LogP contribution in [-0.4, -0.2) is 37.2 Å². The van der Waals surface area contributed by atoms with Crippen LogP contribution in [0.5, 0.6) is 0 Å². The van der Waals surface area contributed by atoms with E-state index < -0.39 is 0 Å². The fourth-order valence-corrected chi connectivity index (χ4v) is 3.64. The molecule has 4 heterocycles. The summed E-state index contributed by atoms with van der Waals surface area (Å²) in [5.41, 5.74) is 2.76. The number of allylic oxidation sites excluding steroid dienone is 3. The molecule has 0 N–H and O–H groups in total. The van der Waals surface area contributed by atoms with Crippen LogP contribution in [0.25, 0.3) is 11.5 Å². The van der Waals surface area contributed by atoms with Crippen molar-refractivity contribution in [1.82, 2.24) is 25.0 Å². The summed E-state index contributed by atoms with van der Waals surface area (Å²) >= 11 is 0. The summed E-state index contributed by atoms with van der Waals surface area (Å²) in [6.45, 7) is 2.31. The van der Waals surface area contributed by atoms with Gasteiger partial charge in [-0.25, -0.2) is 0 Å². The van der Waals surface area contributed by atoms with Crippen LogP contribution >= 0.6 is 0 Å². The van der Waals surface area contributed by atoms with Crippen LogP contribution in [-0.2, 0) is 17.8 Å². The van der Waals surface area contributed by atoms with E-state index >= 15 is 0 Å². The van der Waals surface area contributed by atoms with Crippen molar-refractivity contribution in [2.75, 3.05) is 0 Å². The summed E-state index contributed by atoms with van der Waals surface area (Å²) in [5, 5.41) is 17.6. The van der Waals surface area contributed by atoms with Crippen LogP contribution in [0.3, 0.4) is 0 Å². The van der Waals surface area contributed by atoms with Crippen molar-refractivity contribution >= 4 is 12.2 Å². The maximum atomic E-state index is 10.8. The molecule has 1 atom stereocenters. The minimum absolute atomic E-state index is 0.00818. The SMILES string of the molecule is CCCc1cc(-c2nnc3n2N=C(OCc2ccc(C=O)cn2)C2=CC=CCC23)no1. The van der Waals surface area contributed by atoms with E-state index in [4.69, 9.17) is 9.26 Å². The molecule has 31 heavy (non-hydrogen) atoms. The van der Waals surface area contributed by atoms with Crippen molar-refractivity contribution in [3.63, 3.8) is 0 Å². The van der Waals surface area contributed by atoms with Gasteiger partial charge in [0.15, 0.2) is 17.8 Å². The Labute approximate surface area is 178 Å². The first-order valence-electron chi connectivity index (χ1n) is 10.2. The van der Waals surface area contributed by atoms with Gasteiger partial charge in [0.1, 0.15) is 12.4 Å². The Balaban J connectivity index is 1.47. The van der Waals surface area contributed by atoms with Gasteiger partial charge >= 0.3 is 0 Å².